The van der Waals surface area contributed by atoms with E-state index < -0.39 is 5.97 Å². The van der Waals surface area contributed by atoms with Gasteiger partial charge < -0.3 is 9.15 Å². The van der Waals surface area contributed by atoms with Gasteiger partial charge in [-0.2, -0.15) is 5.26 Å². The van der Waals surface area contributed by atoms with Gasteiger partial charge in [-0.15, -0.1) is 0 Å². The van der Waals surface area contributed by atoms with Crippen molar-refractivity contribution in [2.45, 2.75) is 6.92 Å². The van der Waals surface area contributed by atoms with Crippen molar-refractivity contribution < 1.29 is 13.9 Å². The minimum atomic E-state index is -0.404. The zero-order valence-electron chi connectivity index (χ0n) is 12.2. The number of nitrogens with zero attached hydrogens (tertiary/aromatic N) is 1. The first-order valence-electron chi connectivity index (χ1n) is 6.75. The van der Waals surface area contributed by atoms with Crippen LogP contribution in [0.1, 0.15) is 21.7 Å². The summed E-state index contributed by atoms with van der Waals surface area (Å²) >= 11 is 0. The molecule has 0 atom stereocenters. The number of carbonyl (C=O) groups excluding carboxylic acids is 1. The van der Waals surface area contributed by atoms with Crippen LogP contribution in [-0.2, 0) is 4.74 Å². The molecule has 0 saturated heterocycles. The van der Waals surface area contributed by atoms with E-state index in [-0.39, 0.29) is 0 Å². The SMILES string of the molecule is COC(=O)c1cc(-c2cccc(C#N)c2)c2oc(C)cc2c1. The summed E-state index contributed by atoms with van der Waals surface area (Å²) in [6.45, 7) is 1.85. The van der Waals surface area contributed by atoms with Gasteiger partial charge in [0.15, 0.2) is 0 Å². The van der Waals surface area contributed by atoms with Gasteiger partial charge in [-0.25, -0.2) is 4.79 Å². The summed E-state index contributed by atoms with van der Waals surface area (Å²) in [6.07, 6.45) is 0. The predicted molar refractivity (Wildman–Crippen MR) is 82.4 cm³/mol. The van der Waals surface area contributed by atoms with Crippen molar-refractivity contribution in [1.82, 2.24) is 0 Å². The van der Waals surface area contributed by atoms with Gasteiger partial charge >= 0.3 is 5.97 Å². The van der Waals surface area contributed by atoms with Crippen LogP contribution in [-0.4, -0.2) is 13.1 Å². The van der Waals surface area contributed by atoms with E-state index in [2.05, 4.69) is 6.07 Å². The summed E-state index contributed by atoms with van der Waals surface area (Å²) < 4.78 is 10.6. The summed E-state index contributed by atoms with van der Waals surface area (Å²) in [7, 11) is 1.35. The van der Waals surface area contributed by atoms with Gasteiger partial charge in [0.05, 0.1) is 24.3 Å². The summed E-state index contributed by atoms with van der Waals surface area (Å²) in [4.78, 5) is 11.9. The zero-order valence-corrected chi connectivity index (χ0v) is 12.2. The average molecular weight is 291 g/mol. The highest BCUT2D eigenvalue weighted by molar-refractivity contribution is 6.01. The fourth-order valence-electron chi connectivity index (χ4n) is 2.49. The fraction of sp³-hybridized carbons (Fsp3) is 0.111. The van der Waals surface area contributed by atoms with E-state index in [9.17, 15) is 4.79 Å². The highest BCUT2D eigenvalue weighted by atomic mass is 16.5. The molecular formula is C18H13NO3. The van der Waals surface area contributed by atoms with Crippen molar-refractivity contribution in [2.75, 3.05) is 7.11 Å². The van der Waals surface area contributed by atoms with Crippen LogP contribution >= 0.6 is 0 Å². The third kappa shape index (κ3) is 2.33. The zero-order chi connectivity index (χ0) is 15.7. The molecule has 0 aliphatic heterocycles. The van der Waals surface area contributed by atoms with E-state index in [0.717, 1.165) is 22.3 Å². The van der Waals surface area contributed by atoms with Crippen LogP contribution in [0, 0.1) is 18.3 Å². The molecule has 108 valence electrons. The Hall–Kier alpha value is -3.06. The quantitative estimate of drug-likeness (QED) is 0.668. The third-order valence-corrected chi connectivity index (χ3v) is 3.46. The maximum Gasteiger partial charge on any atom is 0.337 e. The number of aryl methyl sites for hydroxylation is 1. The first kappa shape index (κ1) is 13.9. The molecule has 1 aromatic heterocycles. The molecule has 3 aromatic rings. The first-order chi connectivity index (χ1) is 10.6. The van der Waals surface area contributed by atoms with E-state index in [1.165, 1.54) is 7.11 Å². The van der Waals surface area contributed by atoms with E-state index >= 15 is 0 Å². The van der Waals surface area contributed by atoms with Crippen LogP contribution in [0.25, 0.3) is 22.1 Å². The number of ether oxygens (including phenoxy) is 1. The van der Waals surface area contributed by atoms with Crippen LogP contribution in [0.4, 0.5) is 0 Å². The van der Waals surface area contributed by atoms with Crippen molar-refractivity contribution in [3.63, 3.8) is 0 Å². The average Bonchev–Trinajstić information content (AvgIpc) is 2.93. The van der Waals surface area contributed by atoms with Gasteiger partial charge in [-0.3, -0.25) is 0 Å². The van der Waals surface area contributed by atoms with Crippen LogP contribution in [0.3, 0.4) is 0 Å². The molecule has 0 amide bonds. The van der Waals surface area contributed by atoms with E-state index in [1.54, 1.807) is 30.3 Å². The molecule has 0 aliphatic rings. The van der Waals surface area contributed by atoms with E-state index in [0.29, 0.717) is 16.7 Å². The van der Waals surface area contributed by atoms with Gasteiger partial charge in [-0.05, 0) is 42.8 Å². The molecule has 1 heterocycles. The smallest absolute Gasteiger partial charge is 0.337 e. The Balaban J connectivity index is 2.30. The van der Waals surface area contributed by atoms with Crippen LogP contribution in [0.5, 0.6) is 0 Å². The number of carbonyl (C=O) groups is 1. The molecule has 4 nitrogen and oxygen atoms in total. The number of benzene rings is 2. The number of rotatable bonds is 2. The second kappa shape index (κ2) is 5.38. The topological polar surface area (TPSA) is 63.2 Å². The maximum absolute atomic E-state index is 11.9. The van der Waals surface area contributed by atoms with Gasteiger partial charge in [0, 0.05) is 10.9 Å². The van der Waals surface area contributed by atoms with Crippen molar-refractivity contribution in [3.8, 4) is 17.2 Å². The van der Waals surface area contributed by atoms with Crippen molar-refractivity contribution >= 4 is 16.9 Å². The number of methoxy groups -OCH3 is 1. The molecule has 0 spiro atoms. The Morgan fingerprint density at radius 2 is 2.05 bits per heavy atom. The van der Waals surface area contributed by atoms with Crippen molar-refractivity contribution in [2.24, 2.45) is 0 Å². The Morgan fingerprint density at radius 3 is 2.77 bits per heavy atom. The molecule has 2 aromatic carbocycles. The third-order valence-electron chi connectivity index (χ3n) is 3.46. The summed E-state index contributed by atoms with van der Waals surface area (Å²) in [5.41, 5.74) is 3.29. The summed E-state index contributed by atoms with van der Waals surface area (Å²) in [5.74, 6) is 0.355. The molecule has 4 heteroatoms. The fourth-order valence-corrected chi connectivity index (χ4v) is 2.49. The number of furan rings is 1. The summed E-state index contributed by atoms with van der Waals surface area (Å²) in [5, 5.41) is 9.89. The van der Waals surface area contributed by atoms with Crippen LogP contribution < -0.4 is 0 Å². The summed E-state index contributed by atoms with van der Waals surface area (Å²) in [6, 6.07) is 14.7. The lowest BCUT2D eigenvalue weighted by Gasteiger charge is -2.06. The van der Waals surface area contributed by atoms with E-state index in [4.69, 9.17) is 14.4 Å². The lowest BCUT2D eigenvalue weighted by atomic mass is 9.99. The van der Waals surface area contributed by atoms with E-state index in [1.807, 2.05) is 19.1 Å². The molecule has 0 N–H and O–H groups in total. The van der Waals surface area contributed by atoms with Gasteiger partial charge in [0.1, 0.15) is 11.3 Å². The number of fused-ring (bicyclic) bond motifs is 1. The number of esters is 1. The standard InChI is InChI=1S/C18H13NO3/c1-11-6-14-8-15(18(20)21-2)9-16(17(14)22-11)13-5-3-4-12(7-13)10-19/h3-9H,1-2H3. The lowest BCUT2D eigenvalue weighted by Crippen LogP contribution is -2.01. The largest absolute Gasteiger partial charge is 0.465 e. The second-order valence-corrected chi connectivity index (χ2v) is 4.98. The van der Waals surface area contributed by atoms with Crippen molar-refractivity contribution in [3.05, 3.63) is 59.4 Å². The molecule has 0 fully saturated rings. The molecule has 0 aliphatic carbocycles. The monoisotopic (exact) mass is 291 g/mol. The highest BCUT2D eigenvalue weighted by Crippen LogP contribution is 2.33. The highest BCUT2D eigenvalue weighted by Gasteiger charge is 2.15. The van der Waals surface area contributed by atoms with Gasteiger partial charge in [-0.1, -0.05) is 12.1 Å². The molecule has 0 radical (unpaired) electrons. The molecule has 22 heavy (non-hydrogen) atoms. The lowest BCUT2D eigenvalue weighted by molar-refractivity contribution is 0.0601. The second-order valence-electron chi connectivity index (χ2n) is 4.98. The molecule has 0 unspecified atom stereocenters. The molecule has 0 saturated carbocycles. The number of nitriles is 1. The minimum Gasteiger partial charge on any atom is -0.465 e. The molecule has 0 bridgehead atoms. The molecular weight excluding hydrogens is 278 g/mol. The van der Waals surface area contributed by atoms with Crippen LogP contribution in [0.2, 0.25) is 0 Å². The van der Waals surface area contributed by atoms with Crippen LogP contribution in [0.15, 0.2) is 46.9 Å². The van der Waals surface area contributed by atoms with Gasteiger partial charge in [0.2, 0.25) is 0 Å². The minimum absolute atomic E-state index is 0.404. The van der Waals surface area contributed by atoms with Gasteiger partial charge in [0.25, 0.3) is 0 Å². The maximum atomic E-state index is 11.9. The number of hydrogen-bond acceptors (Lipinski definition) is 4. The predicted octanol–water partition coefficient (Wildman–Crippen LogP) is 4.07. The van der Waals surface area contributed by atoms with Crippen molar-refractivity contribution in [1.29, 1.82) is 5.26 Å². The normalized spacial score (nSPS) is 10.4. The first-order valence-corrected chi connectivity index (χ1v) is 6.75. The Morgan fingerprint density at radius 1 is 1.23 bits per heavy atom. The molecule has 3 rings (SSSR count). The Labute approximate surface area is 127 Å². The Kier molecular flexibility index (Phi) is 3.40. The number of hydrogen-bond donors (Lipinski definition) is 0. The Bertz CT molecular complexity index is 916.